The first-order valence-corrected chi connectivity index (χ1v) is 4.69. The van der Waals surface area contributed by atoms with E-state index in [0.717, 1.165) is 0 Å². The van der Waals surface area contributed by atoms with Crippen LogP contribution in [0.5, 0.6) is 5.75 Å². The lowest BCUT2D eigenvalue weighted by atomic mass is 10.2. The third-order valence-electron chi connectivity index (χ3n) is 1.48. The molecule has 0 aliphatic carbocycles. The van der Waals surface area contributed by atoms with Gasteiger partial charge < -0.3 is 4.74 Å². The monoisotopic (exact) mass is 209 g/mol. The van der Waals surface area contributed by atoms with Gasteiger partial charge in [0.05, 0.1) is 16.7 Å². The van der Waals surface area contributed by atoms with E-state index < -0.39 is 0 Å². The Bertz CT molecular complexity index is 374. The molecule has 0 saturated heterocycles. The summed E-state index contributed by atoms with van der Waals surface area (Å²) < 4.78 is 5.59. The molecule has 1 aromatic rings. The van der Waals surface area contributed by atoms with Gasteiger partial charge in [-0.15, -0.1) is 0 Å². The molecule has 14 heavy (non-hydrogen) atoms. The smallest absolute Gasteiger partial charge is 0.138 e. The molecule has 74 valence electrons. The number of benzene rings is 1. The van der Waals surface area contributed by atoms with Gasteiger partial charge >= 0.3 is 0 Å². The first kappa shape index (κ1) is 10.9. The van der Waals surface area contributed by atoms with Crippen molar-refractivity contribution >= 4 is 11.6 Å². The predicted octanol–water partition coefficient (Wildman–Crippen LogP) is 3.39. The molecule has 3 heteroatoms. The van der Waals surface area contributed by atoms with Gasteiger partial charge in [0.2, 0.25) is 0 Å². The average Bonchev–Trinajstić information content (AvgIpc) is 2.06. The third-order valence-corrected chi connectivity index (χ3v) is 1.77. The topological polar surface area (TPSA) is 33.0 Å². The second kappa shape index (κ2) is 3.89. The zero-order valence-corrected chi connectivity index (χ0v) is 9.22. The van der Waals surface area contributed by atoms with Crippen molar-refractivity contribution in [2.45, 2.75) is 26.4 Å². The lowest BCUT2D eigenvalue weighted by Crippen LogP contribution is -2.23. The van der Waals surface area contributed by atoms with Gasteiger partial charge in [-0.1, -0.05) is 11.6 Å². The van der Waals surface area contributed by atoms with Crippen LogP contribution in [0.3, 0.4) is 0 Å². The molecule has 0 aliphatic rings. The number of ether oxygens (including phenoxy) is 1. The maximum absolute atomic E-state index is 8.64. The standard InChI is InChI=1S/C11H12ClNO/c1-11(2,3)14-10-5-4-8(7-13)6-9(10)12/h4-6H,1-3H3. The molecule has 0 bridgehead atoms. The predicted molar refractivity (Wildman–Crippen MR) is 56.5 cm³/mol. The maximum Gasteiger partial charge on any atom is 0.138 e. The van der Waals surface area contributed by atoms with Crippen molar-refractivity contribution in [2.75, 3.05) is 0 Å². The molecule has 0 fully saturated rings. The summed E-state index contributed by atoms with van der Waals surface area (Å²) in [5, 5.41) is 9.11. The number of rotatable bonds is 1. The molecule has 0 saturated carbocycles. The second-order valence-electron chi connectivity index (χ2n) is 3.97. The highest BCUT2D eigenvalue weighted by molar-refractivity contribution is 6.32. The molecule has 2 nitrogen and oxygen atoms in total. The van der Waals surface area contributed by atoms with Crippen LogP contribution >= 0.6 is 11.6 Å². The molecule has 0 aliphatic heterocycles. The molecule has 1 rings (SSSR count). The van der Waals surface area contributed by atoms with Crippen LogP contribution in [0.1, 0.15) is 26.3 Å². The van der Waals surface area contributed by atoms with E-state index in [0.29, 0.717) is 16.3 Å². The molecular weight excluding hydrogens is 198 g/mol. The Kier molecular flexibility index (Phi) is 3.03. The van der Waals surface area contributed by atoms with Crippen LogP contribution in [0, 0.1) is 11.3 Å². The van der Waals surface area contributed by atoms with Crippen LogP contribution in [-0.2, 0) is 0 Å². The Morgan fingerprint density at radius 3 is 2.43 bits per heavy atom. The second-order valence-corrected chi connectivity index (χ2v) is 4.38. The fraction of sp³-hybridized carbons (Fsp3) is 0.364. The SMILES string of the molecule is CC(C)(C)Oc1ccc(C#N)cc1Cl. The van der Waals surface area contributed by atoms with Gasteiger partial charge in [0.25, 0.3) is 0 Å². The van der Waals surface area contributed by atoms with E-state index in [9.17, 15) is 0 Å². The van der Waals surface area contributed by atoms with Crippen molar-refractivity contribution < 1.29 is 4.74 Å². The van der Waals surface area contributed by atoms with E-state index in [1.807, 2.05) is 26.8 Å². The Balaban J connectivity index is 2.97. The van der Waals surface area contributed by atoms with E-state index in [-0.39, 0.29) is 5.60 Å². The Morgan fingerprint density at radius 1 is 1.36 bits per heavy atom. The molecular formula is C11H12ClNO. The van der Waals surface area contributed by atoms with Gasteiger partial charge in [-0.25, -0.2) is 0 Å². The Hall–Kier alpha value is -1.20. The number of nitrogens with zero attached hydrogens (tertiary/aromatic N) is 1. The molecule has 0 radical (unpaired) electrons. The number of hydrogen-bond acceptors (Lipinski definition) is 2. The highest BCUT2D eigenvalue weighted by atomic mass is 35.5. The van der Waals surface area contributed by atoms with Gasteiger partial charge in [0.15, 0.2) is 0 Å². The molecule has 0 spiro atoms. The van der Waals surface area contributed by atoms with Crippen molar-refractivity contribution in [3.8, 4) is 11.8 Å². The van der Waals surface area contributed by atoms with Crippen LogP contribution in [0.4, 0.5) is 0 Å². The van der Waals surface area contributed by atoms with Crippen molar-refractivity contribution in [3.63, 3.8) is 0 Å². The maximum atomic E-state index is 8.64. The van der Waals surface area contributed by atoms with Crippen LogP contribution in [0.15, 0.2) is 18.2 Å². The number of hydrogen-bond donors (Lipinski definition) is 0. The third kappa shape index (κ3) is 2.93. The fourth-order valence-electron chi connectivity index (χ4n) is 0.983. The summed E-state index contributed by atoms with van der Waals surface area (Å²) in [6.45, 7) is 5.84. The largest absolute Gasteiger partial charge is 0.487 e. The first-order chi connectivity index (χ1) is 6.42. The molecule has 1 aromatic carbocycles. The van der Waals surface area contributed by atoms with Crippen LogP contribution in [0.25, 0.3) is 0 Å². The van der Waals surface area contributed by atoms with Gasteiger partial charge in [-0.2, -0.15) is 5.26 Å². The molecule has 0 atom stereocenters. The summed E-state index contributed by atoms with van der Waals surface area (Å²) in [4.78, 5) is 0. The first-order valence-electron chi connectivity index (χ1n) is 4.31. The normalized spacial score (nSPS) is 10.8. The van der Waals surface area contributed by atoms with Crippen molar-refractivity contribution in [1.82, 2.24) is 0 Å². The zero-order chi connectivity index (χ0) is 10.8. The van der Waals surface area contributed by atoms with E-state index >= 15 is 0 Å². The minimum absolute atomic E-state index is 0.280. The molecule has 0 heterocycles. The highest BCUT2D eigenvalue weighted by Gasteiger charge is 2.13. The van der Waals surface area contributed by atoms with Gasteiger partial charge in [-0.05, 0) is 39.0 Å². The fourth-order valence-corrected chi connectivity index (χ4v) is 1.20. The van der Waals surface area contributed by atoms with Crippen molar-refractivity contribution in [3.05, 3.63) is 28.8 Å². The Labute approximate surface area is 89.1 Å². The summed E-state index contributed by atoms with van der Waals surface area (Å²) in [7, 11) is 0. The molecule has 0 N–H and O–H groups in total. The molecule has 0 amide bonds. The summed E-state index contributed by atoms with van der Waals surface area (Å²) in [5.74, 6) is 0.609. The van der Waals surface area contributed by atoms with Crippen molar-refractivity contribution in [2.24, 2.45) is 0 Å². The van der Waals surface area contributed by atoms with E-state index in [2.05, 4.69) is 0 Å². The average molecular weight is 210 g/mol. The van der Waals surface area contributed by atoms with Crippen LogP contribution in [-0.4, -0.2) is 5.60 Å². The lowest BCUT2D eigenvalue weighted by molar-refractivity contribution is 0.131. The summed E-state index contributed by atoms with van der Waals surface area (Å²) in [6.07, 6.45) is 0. The summed E-state index contributed by atoms with van der Waals surface area (Å²) in [6, 6.07) is 7.02. The minimum Gasteiger partial charge on any atom is -0.487 e. The molecule has 0 unspecified atom stereocenters. The van der Waals surface area contributed by atoms with Crippen molar-refractivity contribution in [1.29, 1.82) is 5.26 Å². The van der Waals surface area contributed by atoms with Gasteiger partial charge in [0, 0.05) is 0 Å². The minimum atomic E-state index is -0.280. The number of nitriles is 1. The van der Waals surface area contributed by atoms with Crippen LogP contribution in [0.2, 0.25) is 5.02 Å². The molecule has 0 aromatic heterocycles. The van der Waals surface area contributed by atoms with Gasteiger partial charge in [-0.3, -0.25) is 0 Å². The summed E-state index contributed by atoms with van der Waals surface area (Å²) in [5.41, 5.74) is 0.258. The van der Waals surface area contributed by atoms with Gasteiger partial charge in [0.1, 0.15) is 11.4 Å². The number of halogens is 1. The van der Waals surface area contributed by atoms with E-state index in [4.69, 9.17) is 21.6 Å². The highest BCUT2D eigenvalue weighted by Crippen LogP contribution is 2.28. The van der Waals surface area contributed by atoms with Crippen LogP contribution < -0.4 is 4.74 Å². The van der Waals surface area contributed by atoms with E-state index in [1.165, 1.54) is 0 Å². The zero-order valence-electron chi connectivity index (χ0n) is 8.47. The lowest BCUT2D eigenvalue weighted by Gasteiger charge is -2.21. The summed E-state index contributed by atoms with van der Waals surface area (Å²) >= 11 is 5.94. The van der Waals surface area contributed by atoms with E-state index in [1.54, 1.807) is 18.2 Å². The Morgan fingerprint density at radius 2 is 2.00 bits per heavy atom. The quantitative estimate of drug-likeness (QED) is 0.710.